The Labute approximate surface area is 79.1 Å². The molecule has 0 saturated carbocycles. The highest BCUT2D eigenvalue weighted by atomic mass is 35.5. The molecule has 4 heteroatoms. The third kappa shape index (κ3) is 1.54. The Bertz CT molecular complexity index is 310. The molecule has 0 saturated heterocycles. The van der Waals surface area contributed by atoms with Crippen LogP contribution in [0.2, 0.25) is 10.0 Å². The van der Waals surface area contributed by atoms with Gasteiger partial charge in [0, 0.05) is 0 Å². The van der Waals surface area contributed by atoms with E-state index in [1.54, 1.807) is 6.92 Å². The fraction of sp³-hybridized carbons (Fsp3) is 0.250. The van der Waals surface area contributed by atoms with Crippen LogP contribution >= 0.6 is 23.2 Å². The van der Waals surface area contributed by atoms with Gasteiger partial charge in [0.05, 0.1) is 5.02 Å². The van der Waals surface area contributed by atoms with Crippen LogP contribution in [-0.4, -0.2) is 0 Å². The Hall–Kier alpha value is -0.340. The van der Waals surface area contributed by atoms with Crippen molar-refractivity contribution in [2.24, 2.45) is 0 Å². The van der Waals surface area contributed by atoms with Gasteiger partial charge in [-0.15, -0.1) is 0 Å². The van der Waals surface area contributed by atoms with E-state index in [4.69, 9.17) is 23.2 Å². The highest BCUT2D eigenvalue weighted by Crippen LogP contribution is 2.28. The van der Waals surface area contributed by atoms with Crippen molar-refractivity contribution in [3.05, 3.63) is 33.3 Å². The standard InChI is InChI=1S/C8H6Cl2F2/c1-2-4-3-5(9)8(12)6(10)7(4)11/h3H,2H2,1H3. The van der Waals surface area contributed by atoms with Crippen molar-refractivity contribution in [1.29, 1.82) is 0 Å². The molecule has 1 rings (SSSR count). The van der Waals surface area contributed by atoms with Gasteiger partial charge in [-0.3, -0.25) is 0 Å². The summed E-state index contributed by atoms with van der Waals surface area (Å²) in [6, 6.07) is 1.25. The van der Waals surface area contributed by atoms with Crippen LogP contribution in [0.4, 0.5) is 8.78 Å². The first-order valence-electron chi connectivity index (χ1n) is 3.39. The SMILES string of the molecule is CCc1cc(Cl)c(F)c(Cl)c1F. The summed E-state index contributed by atoms with van der Waals surface area (Å²) in [6.07, 6.45) is 0.436. The van der Waals surface area contributed by atoms with Gasteiger partial charge < -0.3 is 0 Å². The van der Waals surface area contributed by atoms with Crippen LogP contribution in [0.15, 0.2) is 6.07 Å². The predicted molar refractivity (Wildman–Crippen MR) is 45.8 cm³/mol. The summed E-state index contributed by atoms with van der Waals surface area (Å²) in [6.45, 7) is 1.74. The zero-order valence-corrected chi connectivity index (χ0v) is 7.81. The molecule has 0 aliphatic rings. The van der Waals surface area contributed by atoms with Crippen molar-refractivity contribution in [1.82, 2.24) is 0 Å². The van der Waals surface area contributed by atoms with E-state index in [2.05, 4.69) is 0 Å². The molecular weight excluding hydrogens is 205 g/mol. The van der Waals surface area contributed by atoms with Gasteiger partial charge in [-0.1, -0.05) is 30.1 Å². The van der Waals surface area contributed by atoms with E-state index in [0.717, 1.165) is 0 Å². The summed E-state index contributed by atoms with van der Waals surface area (Å²) in [5, 5.41) is -0.669. The van der Waals surface area contributed by atoms with Gasteiger partial charge in [0.1, 0.15) is 10.8 Å². The number of hydrogen-bond donors (Lipinski definition) is 0. The number of halogens is 4. The van der Waals surface area contributed by atoms with Crippen LogP contribution in [0.1, 0.15) is 12.5 Å². The van der Waals surface area contributed by atoms with E-state index in [1.807, 2.05) is 0 Å². The molecule has 0 aliphatic carbocycles. The van der Waals surface area contributed by atoms with E-state index in [9.17, 15) is 8.78 Å². The van der Waals surface area contributed by atoms with Gasteiger partial charge in [-0.25, -0.2) is 8.78 Å². The van der Waals surface area contributed by atoms with Crippen LogP contribution in [0.3, 0.4) is 0 Å². The monoisotopic (exact) mass is 210 g/mol. The molecule has 12 heavy (non-hydrogen) atoms. The van der Waals surface area contributed by atoms with E-state index in [1.165, 1.54) is 6.07 Å². The summed E-state index contributed by atoms with van der Waals surface area (Å²) in [4.78, 5) is 0. The fourth-order valence-corrected chi connectivity index (χ4v) is 1.38. The zero-order valence-electron chi connectivity index (χ0n) is 6.30. The van der Waals surface area contributed by atoms with E-state index >= 15 is 0 Å². The summed E-state index contributed by atoms with van der Waals surface area (Å²) in [7, 11) is 0. The minimum absolute atomic E-state index is 0.141. The highest BCUT2D eigenvalue weighted by molar-refractivity contribution is 6.35. The second-order valence-electron chi connectivity index (χ2n) is 2.31. The average Bonchev–Trinajstić information content (AvgIpc) is 2.08. The first kappa shape index (κ1) is 9.75. The number of hydrogen-bond acceptors (Lipinski definition) is 0. The summed E-state index contributed by atoms with van der Waals surface area (Å²) < 4.78 is 25.8. The summed E-state index contributed by atoms with van der Waals surface area (Å²) in [5.41, 5.74) is 0.325. The topological polar surface area (TPSA) is 0 Å². The fourth-order valence-electron chi connectivity index (χ4n) is 0.879. The predicted octanol–water partition coefficient (Wildman–Crippen LogP) is 3.83. The average molecular weight is 211 g/mol. The Kier molecular flexibility index (Phi) is 2.91. The second kappa shape index (κ2) is 3.58. The van der Waals surface area contributed by atoms with E-state index in [0.29, 0.717) is 12.0 Å². The normalized spacial score (nSPS) is 10.4. The zero-order chi connectivity index (χ0) is 9.30. The van der Waals surface area contributed by atoms with Gasteiger partial charge in [0.15, 0.2) is 5.82 Å². The molecule has 0 spiro atoms. The molecule has 0 aromatic heterocycles. The van der Waals surface area contributed by atoms with Crippen molar-refractivity contribution < 1.29 is 8.78 Å². The van der Waals surface area contributed by atoms with Gasteiger partial charge in [0.2, 0.25) is 0 Å². The first-order valence-corrected chi connectivity index (χ1v) is 4.15. The molecule has 1 aromatic carbocycles. The van der Waals surface area contributed by atoms with Gasteiger partial charge in [-0.05, 0) is 18.1 Å². The van der Waals surface area contributed by atoms with Gasteiger partial charge in [0.25, 0.3) is 0 Å². The van der Waals surface area contributed by atoms with Crippen molar-refractivity contribution in [3.63, 3.8) is 0 Å². The second-order valence-corrected chi connectivity index (χ2v) is 3.10. The Morgan fingerprint density at radius 3 is 2.33 bits per heavy atom. The smallest absolute Gasteiger partial charge is 0.163 e. The van der Waals surface area contributed by atoms with Crippen LogP contribution < -0.4 is 0 Å². The molecule has 0 heterocycles. The summed E-state index contributed by atoms with van der Waals surface area (Å²) >= 11 is 10.8. The van der Waals surface area contributed by atoms with Crippen molar-refractivity contribution >= 4 is 23.2 Å². The molecule has 0 unspecified atom stereocenters. The van der Waals surface area contributed by atoms with E-state index < -0.39 is 16.7 Å². The van der Waals surface area contributed by atoms with Crippen LogP contribution in [0.5, 0.6) is 0 Å². The van der Waals surface area contributed by atoms with Crippen LogP contribution in [0, 0.1) is 11.6 Å². The number of benzene rings is 1. The molecular formula is C8H6Cl2F2. The maximum Gasteiger partial charge on any atom is 0.163 e. The lowest BCUT2D eigenvalue weighted by Crippen LogP contribution is -1.93. The van der Waals surface area contributed by atoms with Crippen LogP contribution in [0.25, 0.3) is 0 Å². The number of aryl methyl sites for hydroxylation is 1. The third-order valence-corrected chi connectivity index (χ3v) is 2.17. The molecule has 0 atom stereocenters. The van der Waals surface area contributed by atoms with Crippen molar-refractivity contribution in [3.8, 4) is 0 Å². The quantitative estimate of drug-likeness (QED) is 0.489. The van der Waals surface area contributed by atoms with Crippen molar-refractivity contribution in [2.45, 2.75) is 13.3 Å². The maximum atomic E-state index is 13.0. The van der Waals surface area contributed by atoms with Crippen molar-refractivity contribution in [2.75, 3.05) is 0 Å². The third-order valence-electron chi connectivity index (χ3n) is 1.56. The lowest BCUT2D eigenvalue weighted by Gasteiger charge is -2.03. The highest BCUT2D eigenvalue weighted by Gasteiger charge is 2.14. The lowest BCUT2D eigenvalue weighted by atomic mass is 10.1. The minimum Gasteiger partial charge on any atom is -0.205 e. The van der Waals surface area contributed by atoms with E-state index in [-0.39, 0.29) is 5.02 Å². The molecule has 0 nitrogen and oxygen atoms in total. The lowest BCUT2D eigenvalue weighted by molar-refractivity contribution is 0.574. The molecule has 0 N–H and O–H groups in total. The van der Waals surface area contributed by atoms with Gasteiger partial charge in [-0.2, -0.15) is 0 Å². The van der Waals surface area contributed by atoms with Gasteiger partial charge >= 0.3 is 0 Å². The molecule has 0 amide bonds. The molecule has 0 radical (unpaired) electrons. The Morgan fingerprint density at radius 1 is 1.25 bits per heavy atom. The molecule has 0 fully saturated rings. The van der Waals surface area contributed by atoms with Crippen LogP contribution in [-0.2, 0) is 6.42 Å². The molecule has 0 aliphatic heterocycles. The molecule has 66 valence electrons. The maximum absolute atomic E-state index is 13.0. The molecule has 0 bridgehead atoms. The number of rotatable bonds is 1. The summed E-state index contributed by atoms with van der Waals surface area (Å²) in [5.74, 6) is -1.62. The first-order chi connectivity index (χ1) is 5.57. The minimum atomic E-state index is -0.895. The largest absolute Gasteiger partial charge is 0.205 e. The Balaban J connectivity index is 3.39. The molecule has 1 aromatic rings. The Morgan fingerprint density at radius 2 is 1.83 bits per heavy atom.